The Kier molecular flexibility index (Phi) is 4.74. The van der Waals surface area contributed by atoms with Crippen LogP contribution in [0.2, 0.25) is 0 Å². The number of benzene rings is 2. The third-order valence-electron chi connectivity index (χ3n) is 3.95. The van der Waals surface area contributed by atoms with Gasteiger partial charge >= 0.3 is 0 Å². The van der Waals surface area contributed by atoms with Crippen LogP contribution in [0, 0.1) is 0 Å². The Labute approximate surface area is 137 Å². The molecular weight excluding hydrogens is 282 g/mol. The van der Waals surface area contributed by atoms with Gasteiger partial charge in [0.25, 0.3) is 0 Å². The van der Waals surface area contributed by atoms with Crippen LogP contribution >= 0.6 is 0 Å². The van der Waals surface area contributed by atoms with Crippen molar-refractivity contribution in [3.8, 4) is 0 Å². The molecule has 0 bridgehead atoms. The van der Waals surface area contributed by atoms with Gasteiger partial charge in [0.05, 0.1) is 0 Å². The minimum Gasteiger partial charge on any atom is -0.355 e. The van der Waals surface area contributed by atoms with Crippen LogP contribution in [0.15, 0.2) is 90.5 Å². The lowest BCUT2D eigenvalue weighted by Gasteiger charge is -2.32. The van der Waals surface area contributed by atoms with Gasteiger partial charge in [0.2, 0.25) is 0 Å². The highest BCUT2D eigenvalue weighted by Crippen LogP contribution is 2.27. The van der Waals surface area contributed by atoms with E-state index in [1.165, 1.54) is 11.1 Å². The maximum absolute atomic E-state index is 5.73. The van der Waals surface area contributed by atoms with Crippen LogP contribution < -0.4 is 5.32 Å². The molecule has 23 heavy (non-hydrogen) atoms. The van der Waals surface area contributed by atoms with Gasteiger partial charge in [-0.1, -0.05) is 72.8 Å². The third-order valence-corrected chi connectivity index (χ3v) is 3.95. The summed E-state index contributed by atoms with van der Waals surface area (Å²) in [6.45, 7) is 0. The zero-order valence-electron chi connectivity index (χ0n) is 13.3. The van der Waals surface area contributed by atoms with Crippen LogP contribution in [-0.4, -0.2) is 12.8 Å². The number of hydrogen-bond donors (Lipinski definition) is 1. The number of para-hydroxylation sites is 1. The van der Waals surface area contributed by atoms with Crippen molar-refractivity contribution >= 4 is 11.8 Å². The lowest BCUT2D eigenvalue weighted by Crippen LogP contribution is -2.38. The summed E-state index contributed by atoms with van der Waals surface area (Å²) >= 11 is 0. The van der Waals surface area contributed by atoms with E-state index in [-0.39, 0.29) is 0 Å². The fraction of sp³-hybridized carbons (Fsp3) is 0.143. The van der Waals surface area contributed by atoms with Gasteiger partial charge in [0.1, 0.15) is 0 Å². The highest BCUT2D eigenvalue weighted by Gasteiger charge is 2.27. The van der Waals surface area contributed by atoms with Gasteiger partial charge in [-0.15, -0.1) is 0 Å². The van der Waals surface area contributed by atoms with Gasteiger partial charge in [0, 0.05) is 19.2 Å². The first-order valence-corrected chi connectivity index (χ1v) is 7.81. The highest BCUT2D eigenvalue weighted by molar-refractivity contribution is 5.56. The lowest BCUT2D eigenvalue weighted by molar-refractivity contribution is 0.0584. The number of anilines is 1. The van der Waals surface area contributed by atoms with Crippen molar-refractivity contribution in [2.24, 2.45) is 0 Å². The molecule has 1 unspecified atom stereocenters. The number of rotatable bonds is 5. The van der Waals surface area contributed by atoms with Crippen LogP contribution in [-0.2, 0) is 4.74 Å². The molecule has 1 atom stereocenters. The Morgan fingerprint density at radius 2 is 1.65 bits per heavy atom. The molecule has 0 saturated carbocycles. The quantitative estimate of drug-likeness (QED) is 0.781. The molecule has 0 aromatic heterocycles. The molecule has 0 radical (unpaired) electrons. The molecule has 2 nitrogen and oxygen atoms in total. The van der Waals surface area contributed by atoms with E-state index < -0.39 is 5.72 Å². The summed E-state index contributed by atoms with van der Waals surface area (Å²) in [5.74, 6) is 0. The van der Waals surface area contributed by atoms with Gasteiger partial charge in [-0.05, 0) is 29.3 Å². The summed E-state index contributed by atoms with van der Waals surface area (Å²) in [5, 5.41) is 3.46. The van der Waals surface area contributed by atoms with Crippen molar-refractivity contribution in [1.29, 1.82) is 0 Å². The van der Waals surface area contributed by atoms with E-state index in [9.17, 15) is 0 Å². The minimum atomic E-state index is -0.481. The second kappa shape index (κ2) is 7.12. The molecule has 0 amide bonds. The lowest BCUT2D eigenvalue weighted by atomic mass is 9.98. The van der Waals surface area contributed by atoms with E-state index >= 15 is 0 Å². The number of allylic oxidation sites excluding steroid dienone is 3. The predicted octanol–water partition coefficient (Wildman–Crippen LogP) is 5.04. The fourth-order valence-electron chi connectivity index (χ4n) is 2.58. The average Bonchev–Trinajstić information content (AvgIpc) is 2.63. The summed E-state index contributed by atoms with van der Waals surface area (Å²) in [5.41, 5.74) is 2.96. The first-order chi connectivity index (χ1) is 11.3. The Balaban J connectivity index is 1.69. The van der Waals surface area contributed by atoms with Gasteiger partial charge in [-0.3, -0.25) is 0 Å². The van der Waals surface area contributed by atoms with Crippen molar-refractivity contribution in [2.75, 3.05) is 12.4 Å². The zero-order valence-corrected chi connectivity index (χ0v) is 13.3. The molecule has 0 fully saturated rings. The normalized spacial score (nSPS) is 20.5. The van der Waals surface area contributed by atoms with Crippen LogP contribution in [0.1, 0.15) is 12.0 Å². The number of hydrogen-bond acceptors (Lipinski definition) is 2. The molecule has 116 valence electrons. The van der Waals surface area contributed by atoms with Gasteiger partial charge < -0.3 is 10.1 Å². The highest BCUT2D eigenvalue weighted by atomic mass is 16.5. The van der Waals surface area contributed by atoms with Crippen LogP contribution in [0.4, 0.5) is 5.69 Å². The molecule has 2 aromatic carbocycles. The SMILES string of the molecule is COC1(Nc2ccccc2)C=CC(/C=C/c2ccccc2)=CC1. The van der Waals surface area contributed by atoms with Crippen molar-refractivity contribution in [3.63, 3.8) is 0 Å². The molecule has 0 spiro atoms. The zero-order chi connectivity index (χ0) is 16.0. The summed E-state index contributed by atoms with van der Waals surface area (Å²) < 4.78 is 5.73. The molecule has 0 heterocycles. The summed E-state index contributed by atoms with van der Waals surface area (Å²) in [6.07, 6.45) is 11.4. The smallest absolute Gasteiger partial charge is 0.161 e. The maximum atomic E-state index is 5.73. The molecular formula is C21H21NO. The Hall–Kier alpha value is -2.58. The van der Waals surface area contributed by atoms with Crippen molar-refractivity contribution in [1.82, 2.24) is 0 Å². The second-order valence-electron chi connectivity index (χ2n) is 5.57. The van der Waals surface area contributed by atoms with Crippen LogP contribution in [0.25, 0.3) is 6.08 Å². The van der Waals surface area contributed by atoms with Crippen LogP contribution in [0.5, 0.6) is 0 Å². The molecule has 0 saturated heterocycles. The van der Waals surface area contributed by atoms with Gasteiger partial charge in [0.15, 0.2) is 5.72 Å². The third kappa shape index (κ3) is 3.99. The van der Waals surface area contributed by atoms with Crippen molar-refractivity contribution < 1.29 is 4.74 Å². The van der Waals surface area contributed by atoms with Crippen molar-refractivity contribution in [3.05, 3.63) is 96.1 Å². The van der Waals surface area contributed by atoms with Crippen LogP contribution in [0.3, 0.4) is 0 Å². The number of nitrogens with one attached hydrogen (secondary N) is 1. The predicted molar refractivity (Wildman–Crippen MR) is 97.1 cm³/mol. The van der Waals surface area contributed by atoms with E-state index in [1.54, 1.807) is 7.11 Å². The molecule has 3 rings (SSSR count). The minimum absolute atomic E-state index is 0.481. The molecule has 2 aromatic rings. The monoisotopic (exact) mass is 303 g/mol. The fourth-order valence-corrected chi connectivity index (χ4v) is 2.58. The topological polar surface area (TPSA) is 21.3 Å². The van der Waals surface area contributed by atoms with E-state index in [4.69, 9.17) is 4.74 Å². The molecule has 0 aliphatic heterocycles. The summed E-state index contributed by atoms with van der Waals surface area (Å²) in [4.78, 5) is 0. The van der Waals surface area contributed by atoms with Gasteiger partial charge in [-0.25, -0.2) is 0 Å². The first kappa shape index (κ1) is 15.3. The molecule has 2 heteroatoms. The number of methoxy groups -OCH3 is 1. The van der Waals surface area contributed by atoms with E-state index in [1.807, 2.05) is 48.5 Å². The largest absolute Gasteiger partial charge is 0.355 e. The Morgan fingerprint density at radius 1 is 0.957 bits per heavy atom. The molecule has 1 aliphatic rings. The second-order valence-corrected chi connectivity index (χ2v) is 5.57. The number of ether oxygens (including phenoxy) is 1. The Morgan fingerprint density at radius 3 is 2.26 bits per heavy atom. The van der Waals surface area contributed by atoms with Crippen molar-refractivity contribution in [2.45, 2.75) is 12.1 Å². The standard InChI is InChI=1S/C21H21NO/c1-23-21(22-20-10-6-3-7-11-20)16-14-19(15-17-21)13-12-18-8-4-2-5-9-18/h2-16,22H,17H2,1H3/b13-12+. The average molecular weight is 303 g/mol. The van der Waals surface area contributed by atoms with Gasteiger partial charge in [-0.2, -0.15) is 0 Å². The Bertz CT molecular complexity index is 716. The summed E-state index contributed by atoms with van der Waals surface area (Å²) in [6, 6.07) is 20.4. The molecule has 1 N–H and O–H groups in total. The molecule has 1 aliphatic carbocycles. The first-order valence-electron chi connectivity index (χ1n) is 7.81. The summed E-state index contributed by atoms with van der Waals surface area (Å²) in [7, 11) is 1.74. The maximum Gasteiger partial charge on any atom is 0.161 e. The van der Waals surface area contributed by atoms with E-state index in [0.717, 1.165) is 12.1 Å². The van der Waals surface area contributed by atoms with E-state index in [2.05, 4.69) is 47.8 Å². The van der Waals surface area contributed by atoms with E-state index in [0.29, 0.717) is 0 Å².